The summed E-state index contributed by atoms with van der Waals surface area (Å²) < 4.78 is 25.0. The van der Waals surface area contributed by atoms with Crippen LogP contribution < -0.4 is 23.8 Å². The van der Waals surface area contributed by atoms with Crippen molar-refractivity contribution < 1.29 is 18.9 Å². The Kier molecular flexibility index (Phi) is 7.51. The molecule has 0 saturated carbocycles. The number of imidazole rings is 1. The van der Waals surface area contributed by atoms with Gasteiger partial charge in [-0.2, -0.15) is 0 Å². The Bertz CT molecular complexity index is 1410. The molecule has 2 aliphatic heterocycles. The molecule has 3 aromatic carbocycles. The predicted molar refractivity (Wildman–Crippen MR) is 155 cm³/mol. The Morgan fingerprint density at radius 1 is 0.750 bits per heavy atom. The van der Waals surface area contributed by atoms with Crippen molar-refractivity contribution in [1.29, 1.82) is 0 Å². The van der Waals surface area contributed by atoms with Crippen LogP contribution in [0.1, 0.15) is 36.6 Å². The summed E-state index contributed by atoms with van der Waals surface area (Å²) in [6.45, 7) is 5.72. The summed E-state index contributed by atoms with van der Waals surface area (Å²) >= 11 is 0. The van der Waals surface area contributed by atoms with Gasteiger partial charge in [0, 0.05) is 31.7 Å². The molecule has 0 aliphatic carbocycles. The zero-order valence-electron chi connectivity index (χ0n) is 23.4. The largest absolute Gasteiger partial charge is 0.454 e. The summed E-state index contributed by atoms with van der Waals surface area (Å²) in [6.07, 6.45) is 2.16. The van der Waals surface area contributed by atoms with Crippen LogP contribution in [0.2, 0.25) is 0 Å². The molecule has 6 rings (SSSR count). The van der Waals surface area contributed by atoms with E-state index in [1.165, 1.54) is 0 Å². The van der Waals surface area contributed by atoms with Crippen molar-refractivity contribution in [2.45, 2.75) is 45.9 Å². The highest BCUT2D eigenvalue weighted by atomic mass is 16.7. The van der Waals surface area contributed by atoms with Gasteiger partial charge in [-0.25, -0.2) is 4.98 Å². The van der Waals surface area contributed by atoms with Crippen LogP contribution in [0.25, 0.3) is 11.4 Å². The molecular weight excluding hydrogens is 504 g/mol. The van der Waals surface area contributed by atoms with Crippen LogP contribution in [0, 0.1) is 0 Å². The van der Waals surface area contributed by atoms with Crippen molar-refractivity contribution in [3.05, 3.63) is 83.6 Å². The second-order valence-corrected chi connectivity index (χ2v) is 10.5. The fourth-order valence-electron chi connectivity index (χ4n) is 5.31. The lowest BCUT2D eigenvalue weighted by Crippen LogP contribution is -2.27. The molecular formula is C32H36N4O4. The van der Waals surface area contributed by atoms with Gasteiger partial charge in [-0.3, -0.25) is 0 Å². The van der Waals surface area contributed by atoms with Gasteiger partial charge < -0.3 is 33.3 Å². The Labute approximate surface area is 235 Å². The van der Waals surface area contributed by atoms with Crippen molar-refractivity contribution in [3.63, 3.8) is 0 Å². The molecule has 0 N–H and O–H groups in total. The Balaban J connectivity index is 1.47. The minimum Gasteiger partial charge on any atom is -0.454 e. The lowest BCUT2D eigenvalue weighted by atomic mass is 10.1. The molecule has 0 saturated heterocycles. The standard InChI is InChI=1S/C32H36N4O4/c1-4-5-15-36-31(25-9-7-6-8-10-25)33-26(20-34(2)3)32(36)35(18-23-11-13-27-29(16-23)39-21-37-27)19-24-12-14-28-30(17-24)40-22-38-28/h6-14,16-17H,4-5,15,18-22H2,1-3H3. The average molecular weight is 541 g/mol. The van der Waals surface area contributed by atoms with E-state index in [4.69, 9.17) is 23.9 Å². The first kappa shape index (κ1) is 26.1. The summed E-state index contributed by atoms with van der Waals surface area (Å²) in [5, 5.41) is 0. The van der Waals surface area contributed by atoms with Gasteiger partial charge in [0.15, 0.2) is 23.0 Å². The number of hydrogen-bond donors (Lipinski definition) is 0. The second-order valence-electron chi connectivity index (χ2n) is 10.5. The van der Waals surface area contributed by atoms with Crippen molar-refractivity contribution >= 4 is 5.82 Å². The summed E-state index contributed by atoms with van der Waals surface area (Å²) in [4.78, 5) is 9.90. The fourth-order valence-corrected chi connectivity index (χ4v) is 5.31. The number of unbranched alkanes of at least 4 members (excludes halogenated alkanes) is 1. The lowest BCUT2D eigenvalue weighted by molar-refractivity contribution is 0.173. The lowest BCUT2D eigenvalue weighted by Gasteiger charge is -2.28. The topological polar surface area (TPSA) is 61.2 Å². The van der Waals surface area contributed by atoms with Crippen LogP contribution in [0.4, 0.5) is 5.82 Å². The van der Waals surface area contributed by atoms with Crippen LogP contribution in [-0.2, 0) is 26.2 Å². The van der Waals surface area contributed by atoms with Gasteiger partial charge in [0.05, 0.1) is 5.69 Å². The van der Waals surface area contributed by atoms with Gasteiger partial charge in [0.25, 0.3) is 0 Å². The maximum absolute atomic E-state index is 5.71. The number of ether oxygens (including phenoxy) is 4. The number of fused-ring (bicyclic) bond motifs is 2. The van der Waals surface area contributed by atoms with Gasteiger partial charge in [0.2, 0.25) is 13.6 Å². The summed E-state index contributed by atoms with van der Waals surface area (Å²) in [5.41, 5.74) is 4.47. The summed E-state index contributed by atoms with van der Waals surface area (Å²) in [6, 6.07) is 22.9. The molecule has 0 radical (unpaired) electrons. The average Bonchev–Trinajstić information content (AvgIpc) is 3.70. The van der Waals surface area contributed by atoms with Crippen molar-refractivity contribution in [2.24, 2.45) is 0 Å². The molecule has 1 aromatic heterocycles. The van der Waals surface area contributed by atoms with Crippen LogP contribution >= 0.6 is 0 Å². The maximum Gasteiger partial charge on any atom is 0.231 e. The van der Waals surface area contributed by atoms with Crippen molar-refractivity contribution in [2.75, 3.05) is 32.6 Å². The van der Waals surface area contributed by atoms with Gasteiger partial charge >= 0.3 is 0 Å². The van der Waals surface area contributed by atoms with E-state index in [2.05, 4.69) is 90.0 Å². The minimum absolute atomic E-state index is 0.261. The first-order valence-electron chi connectivity index (χ1n) is 13.9. The third kappa shape index (κ3) is 5.45. The molecule has 0 amide bonds. The zero-order valence-corrected chi connectivity index (χ0v) is 23.4. The Hall–Kier alpha value is -4.17. The van der Waals surface area contributed by atoms with E-state index >= 15 is 0 Å². The SMILES string of the molecule is CCCCn1c(-c2ccccc2)nc(CN(C)C)c1N(Cc1ccc2c(c1)OCO2)Cc1ccc2c(c1)OCO2. The molecule has 8 heteroatoms. The Morgan fingerprint density at radius 2 is 1.35 bits per heavy atom. The predicted octanol–water partition coefficient (Wildman–Crippen LogP) is 6.08. The van der Waals surface area contributed by atoms with Gasteiger partial charge in [-0.1, -0.05) is 55.8 Å². The summed E-state index contributed by atoms with van der Waals surface area (Å²) in [7, 11) is 4.19. The van der Waals surface area contributed by atoms with E-state index in [0.717, 1.165) is 83.0 Å². The molecule has 0 spiro atoms. The quantitative estimate of drug-likeness (QED) is 0.229. The zero-order chi connectivity index (χ0) is 27.5. The number of rotatable bonds is 11. The smallest absolute Gasteiger partial charge is 0.231 e. The van der Waals surface area contributed by atoms with E-state index in [1.54, 1.807) is 0 Å². The molecule has 4 aromatic rings. The molecule has 40 heavy (non-hydrogen) atoms. The number of hydrogen-bond acceptors (Lipinski definition) is 7. The van der Waals surface area contributed by atoms with Crippen LogP contribution in [0.15, 0.2) is 66.7 Å². The molecule has 0 fully saturated rings. The number of aromatic nitrogens is 2. The Morgan fingerprint density at radius 3 is 1.93 bits per heavy atom. The summed E-state index contributed by atoms with van der Waals surface area (Å²) in [5.74, 6) is 5.30. The fraction of sp³-hybridized carbons (Fsp3) is 0.344. The first-order valence-corrected chi connectivity index (χ1v) is 13.9. The molecule has 0 unspecified atom stereocenters. The van der Waals surface area contributed by atoms with Gasteiger partial charge in [-0.15, -0.1) is 0 Å². The number of nitrogens with zero attached hydrogens (tertiary/aromatic N) is 4. The van der Waals surface area contributed by atoms with Crippen LogP contribution in [0.3, 0.4) is 0 Å². The molecule has 0 bridgehead atoms. The monoisotopic (exact) mass is 540 g/mol. The molecule has 3 heterocycles. The third-order valence-electron chi connectivity index (χ3n) is 7.16. The second kappa shape index (κ2) is 11.5. The highest BCUT2D eigenvalue weighted by Crippen LogP contribution is 2.37. The molecule has 208 valence electrons. The third-order valence-corrected chi connectivity index (χ3v) is 7.16. The normalized spacial score (nSPS) is 13.3. The van der Waals surface area contributed by atoms with Crippen molar-refractivity contribution in [3.8, 4) is 34.4 Å². The van der Waals surface area contributed by atoms with E-state index < -0.39 is 0 Å². The van der Waals surface area contributed by atoms with Crippen LogP contribution in [-0.4, -0.2) is 42.1 Å². The van der Waals surface area contributed by atoms with Gasteiger partial charge in [-0.05, 0) is 55.9 Å². The van der Waals surface area contributed by atoms with E-state index in [9.17, 15) is 0 Å². The number of anilines is 1. The molecule has 2 aliphatic rings. The van der Waals surface area contributed by atoms with E-state index in [-0.39, 0.29) is 13.6 Å². The highest BCUT2D eigenvalue weighted by Gasteiger charge is 2.25. The highest BCUT2D eigenvalue weighted by molar-refractivity contribution is 5.63. The van der Waals surface area contributed by atoms with E-state index in [0.29, 0.717) is 13.1 Å². The minimum atomic E-state index is 0.261. The van der Waals surface area contributed by atoms with Crippen molar-refractivity contribution in [1.82, 2.24) is 14.5 Å². The molecule has 0 atom stereocenters. The van der Waals surface area contributed by atoms with Gasteiger partial charge in [0.1, 0.15) is 11.6 Å². The van der Waals surface area contributed by atoms with Crippen LogP contribution in [0.5, 0.6) is 23.0 Å². The van der Waals surface area contributed by atoms with E-state index in [1.807, 2.05) is 12.1 Å². The first-order chi connectivity index (χ1) is 19.6. The number of benzene rings is 3. The molecule has 8 nitrogen and oxygen atoms in total. The maximum atomic E-state index is 5.71.